The molecule has 2 aromatic rings. The van der Waals surface area contributed by atoms with Crippen molar-refractivity contribution < 1.29 is 5.11 Å². The Morgan fingerprint density at radius 3 is 3.06 bits per heavy atom. The summed E-state index contributed by atoms with van der Waals surface area (Å²) in [5.41, 5.74) is 2.07. The van der Waals surface area contributed by atoms with Gasteiger partial charge < -0.3 is 10.4 Å². The van der Waals surface area contributed by atoms with E-state index in [1.807, 2.05) is 24.3 Å². The molecule has 4 nitrogen and oxygen atoms in total. The fraction of sp³-hybridized carbons (Fsp3) is 0.0769. The highest BCUT2D eigenvalue weighted by Gasteiger charge is 2.17. The van der Waals surface area contributed by atoms with Gasteiger partial charge in [-0.05, 0) is 17.7 Å². The second kappa shape index (κ2) is 4.80. The Morgan fingerprint density at radius 1 is 1.28 bits per heavy atom. The second-order valence-electron chi connectivity index (χ2n) is 3.78. The Labute approximate surface area is 109 Å². The first-order valence-electron chi connectivity index (χ1n) is 5.54. The standard InChI is InChI=1S/C13H11N3OS/c17-7-1-2-9-3-4-11-10(8-9)16-12-13(18-11)15-6-5-14-12/h1-6,8,17H,7H2,(H,14,16)/b2-1+. The molecule has 0 atom stereocenters. The van der Waals surface area contributed by atoms with E-state index in [-0.39, 0.29) is 6.61 Å². The van der Waals surface area contributed by atoms with E-state index in [0.717, 1.165) is 27.0 Å². The van der Waals surface area contributed by atoms with Crippen molar-refractivity contribution in [3.8, 4) is 0 Å². The molecule has 0 bridgehead atoms. The molecule has 0 fully saturated rings. The minimum Gasteiger partial charge on any atom is -0.392 e. The lowest BCUT2D eigenvalue weighted by atomic mass is 10.2. The highest BCUT2D eigenvalue weighted by atomic mass is 32.2. The summed E-state index contributed by atoms with van der Waals surface area (Å²) in [4.78, 5) is 9.67. The molecule has 1 aromatic heterocycles. The summed E-state index contributed by atoms with van der Waals surface area (Å²) < 4.78 is 0. The molecule has 18 heavy (non-hydrogen) atoms. The summed E-state index contributed by atoms with van der Waals surface area (Å²) in [5.74, 6) is 0.790. The Kier molecular flexibility index (Phi) is 3.00. The van der Waals surface area contributed by atoms with Crippen molar-refractivity contribution in [2.45, 2.75) is 9.92 Å². The van der Waals surface area contributed by atoms with Gasteiger partial charge in [0.2, 0.25) is 0 Å². The number of anilines is 2. The smallest absolute Gasteiger partial charge is 0.163 e. The maximum atomic E-state index is 8.77. The van der Waals surface area contributed by atoms with Crippen molar-refractivity contribution in [2.75, 3.05) is 11.9 Å². The van der Waals surface area contributed by atoms with Crippen LogP contribution in [0, 0.1) is 0 Å². The third-order valence-corrected chi connectivity index (χ3v) is 3.61. The summed E-state index contributed by atoms with van der Waals surface area (Å²) in [7, 11) is 0. The Balaban J connectivity index is 1.96. The quantitative estimate of drug-likeness (QED) is 0.739. The minimum atomic E-state index is 0.0492. The van der Waals surface area contributed by atoms with Gasteiger partial charge in [0, 0.05) is 17.3 Å². The zero-order chi connectivity index (χ0) is 12.4. The Morgan fingerprint density at radius 2 is 2.17 bits per heavy atom. The number of hydrogen-bond acceptors (Lipinski definition) is 5. The van der Waals surface area contributed by atoms with Crippen LogP contribution >= 0.6 is 11.8 Å². The highest BCUT2D eigenvalue weighted by molar-refractivity contribution is 7.99. The molecule has 0 aliphatic carbocycles. The molecule has 2 N–H and O–H groups in total. The summed E-state index contributed by atoms with van der Waals surface area (Å²) in [6.07, 6.45) is 6.97. The van der Waals surface area contributed by atoms with E-state index in [0.29, 0.717) is 0 Å². The molecule has 1 aliphatic rings. The van der Waals surface area contributed by atoms with Gasteiger partial charge in [0.25, 0.3) is 0 Å². The van der Waals surface area contributed by atoms with Crippen LogP contribution in [0.15, 0.2) is 46.6 Å². The predicted octanol–water partition coefficient (Wildman–Crippen LogP) is 2.69. The number of fused-ring (bicyclic) bond motifs is 2. The second-order valence-corrected chi connectivity index (χ2v) is 4.81. The van der Waals surface area contributed by atoms with Gasteiger partial charge in [-0.3, -0.25) is 0 Å². The Hall–Kier alpha value is -1.85. The van der Waals surface area contributed by atoms with Gasteiger partial charge in [0.15, 0.2) is 5.82 Å². The molecule has 3 rings (SSSR count). The molecule has 90 valence electrons. The number of hydrogen-bond donors (Lipinski definition) is 2. The van der Waals surface area contributed by atoms with Crippen molar-refractivity contribution in [1.82, 2.24) is 9.97 Å². The van der Waals surface area contributed by atoms with Crippen LogP contribution in [0.3, 0.4) is 0 Å². The molecule has 2 heterocycles. The predicted molar refractivity (Wildman–Crippen MR) is 72.0 cm³/mol. The molecular weight excluding hydrogens is 246 g/mol. The third kappa shape index (κ3) is 2.10. The number of aliphatic hydroxyl groups is 1. The summed E-state index contributed by atoms with van der Waals surface area (Å²) in [6, 6.07) is 6.09. The molecule has 0 radical (unpaired) electrons. The van der Waals surface area contributed by atoms with E-state index < -0.39 is 0 Å². The maximum absolute atomic E-state index is 8.77. The monoisotopic (exact) mass is 257 g/mol. The largest absolute Gasteiger partial charge is 0.392 e. The zero-order valence-corrected chi connectivity index (χ0v) is 10.3. The normalized spacial score (nSPS) is 12.9. The topological polar surface area (TPSA) is 58.0 Å². The maximum Gasteiger partial charge on any atom is 0.163 e. The van der Waals surface area contributed by atoms with Crippen LogP contribution in [0.2, 0.25) is 0 Å². The number of aromatic nitrogens is 2. The van der Waals surface area contributed by atoms with E-state index in [9.17, 15) is 0 Å². The van der Waals surface area contributed by atoms with Gasteiger partial charge in [-0.1, -0.05) is 30.0 Å². The van der Waals surface area contributed by atoms with E-state index in [1.54, 1.807) is 30.2 Å². The summed E-state index contributed by atoms with van der Waals surface area (Å²) >= 11 is 1.61. The van der Waals surface area contributed by atoms with Crippen molar-refractivity contribution in [3.05, 3.63) is 42.2 Å². The number of nitrogens with zero attached hydrogens (tertiary/aromatic N) is 2. The molecule has 0 saturated heterocycles. The van der Waals surface area contributed by atoms with Gasteiger partial charge in [0.1, 0.15) is 5.03 Å². The van der Waals surface area contributed by atoms with Crippen LogP contribution in [-0.2, 0) is 0 Å². The van der Waals surface area contributed by atoms with Crippen LogP contribution in [-0.4, -0.2) is 21.7 Å². The number of rotatable bonds is 2. The van der Waals surface area contributed by atoms with Gasteiger partial charge in [-0.25, -0.2) is 9.97 Å². The lowest BCUT2D eigenvalue weighted by Gasteiger charge is -2.18. The first kappa shape index (κ1) is 11.3. The van der Waals surface area contributed by atoms with Crippen molar-refractivity contribution in [1.29, 1.82) is 0 Å². The molecule has 0 saturated carbocycles. The molecule has 0 unspecified atom stereocenters. The molecule has 0 spiro atoms. The van der Waals surface area contributed by atoms with E-state index in [4.69, 9.17) is 5.11 Å². The van der Waals surface area contributed by atoms with E-state index in [2.05, 4.69) is 15.3 Å². The van der Waals surface area contributed by atoms with Crippen LogP contribution < -0.4 is 5.32 Å². The van der Waals surface area contributed by atoms with Crippen LogP contribution in [0.25, 0.3) is 6.08 Å². The fourth-order valence-electron chi connectivity index (χ4n) is 1.74. The van der Waals surface area contributed by atoms with E-state index >= 15 is 0 Å². The van der Waals surface area contributed by atoms with Gasteiger partial charge in [0.05, 0.1) is 12.3 Å². The number of nitrogens with one attached hydrogen (secondary N) is 1. The van der Waals surface area contributed by atoms with E-state index in [1.165, 1.54) is 0 Å². The van der Waals surface area contributed by atoms with Crippen molar-refractivity contribution >= 4 is 29.3 Å². The van der Waals surface area contributed by atoms with Crippen molar-refractivity contribution in [3.63, 3.8) is 0 Å². The van der Waals surface area contributed by atoms with Gasteiger partial charge in [-0.15, -0.1) is 0 Å². The minimum absolute atomic E-state index is 0.0492. The first-order chi connectivity index (χ1) is 8.86. The summed E-state index contributed by atoms with van der Waals surface area (Å²) in [5, 5.41) is 12.9. The van der Waals surface area contributed by atoms with Crippen LogP contribution in [0.5, 0.6) is 0 Å². The Bertz CT molecular complexity index is 613. The number of aliphatic hydroxyl groups excluding tert-OH is 1. The average Bonchev–Trinajstić information content (AvgIpc) is 2.42. The molecule has 5 heteroatoms. The molecule has 1 aliphatic heterocycles. The highest BCUT2D eigenvalue weighted by Crippen LogP contribution is 2.42. The van der Waals surface area contributed by atoms with Crippen LogP contribution in [0.1, 0.15) is 5.56 Å². The van der Waals surface area contributed by atoms with Crippen molar-refractivity contribution in [2.24, 2.45) is 0 Å². The lowest BCUT2D eigenvalue weighted by Crippen LogP contribution is -2.03. The third-order valence-electron chi connectivity index (χ3n) is 2.54. The fourth-order valence-corrected chi connectivity index (χ4v) is 2.62. The first-order valence-corrected chi connectivity index (χ1v) is 6.36. The lowest BCUT2D eigenvalue weighted by molar-refractivity contribution is 0.343. The molecular formula is C13H11N3OS. The average molecular weight is 257 g/mol. The summed E-state index contributed by atoms with van der Waals surface area (Å²) in [6.45, 7) is 0.0492. The molecule has 1 aromatic carbocycles. The SMILES string of the molecule is OC/C=C/c1ccc2c(c1)Nc1nccnc1S2. The van der Waals surface area contributed by atoms with Gasteiger partial charge in [-0.2, -0.15) is 0 Å². The molecule has 0 amide bonds. The zero-order valence-electron chi connectivity index (χ0n) is 9.50. The van der Waals surface area contributed by atoms with Crippen LogP contribution in [0.4, 0.5) is 11.5 Å². The number of benzene rings is 1. The van der Waals surface area contributed by atoms with Gasteiger partial charge >= 0.3 is 0 Å².